The minimum absolute atomic E-state index is 0.0684. The van der Waals surface area contributed by atoms with Gasteiger partial charge < -0.3 is 15.2 Å². The maximum absolute atomic E-state index is 8.97. The smallest absolute Gasteiger partial charge is 0.130 e. The van der Waals surface area contributed by atoms with E-state index in [1.807, 2.05) is 32.0 Å². The summed E-state index contributed by atoms with van der Waals surface area (Å²) < 4.78 is 10.9. The van der Waals surface area contributed by atoms with E-state index in [-0.39, 0.29) is 10.6 Å². The first-order valence-corrected chi connectivity index (χ1v) is 6.34. The lowest BCUT2D eigenvalue weighted by Crippen LogP contribution is -2.09. The minimum Gasteiger partial charge on any atom is -0.494 e. The fourth-order valence-electron chi connectivity index (χ4n) is 1.48. The third kappa shape index (κ3) is 4.27. The lowest BCUT2D eigenvalue weighted by Gasteiger charge is -2.10. The fourth-order valence-corrected chi connectivity index (χ4v) is 1.59. The molecule has 0 heterocycles. The molecule has 5 heteroatoms. The highest BCUT2D eigenvalue weighted by Gasteiger charge is 2.07. The highest BCUT2D eigenvalue weighted by atomic mass is 32.1. The minimum atomic E-state index is 0.0684. The van der Waals surface area contributed by atoms with Crippen LogP contribution in [0.15, 0.2) is 23.8 Å². The number of rotatable bonds is 6. The van der Waals surface area contributed by atoms with E-state index in [4.69, 9.17) is 32.7 Å². The Morgan fingerprint density at radius 1 is 1.37 bits per heavy atom. The second-order valence-electron chi connectivity index (χ2n) is 3.60. The van der Waals surface area contributed by atoms with Crippen LogP contribution in [-0.4, -0.2) is 18.2 Å². The molecule has 0 saturated carbocycles. The van der Waals surface area contributed by atoms with Crippen molar-refractivity contribution in [2.45, 2.75) is 13.8 Å². The van der Waals surface area contributed by atoms with Gasteiger partial charge in [0.25, 0.3) is 0 Å². The molecule has 0 bridgehead atoms. The summed E-state index contributed by atoms with van der Waals surface area (Å²) in [4.78, 5) is 0.0684. The Balaban J connectivity index is 3.19. The quantitative estimate of drug-likeness (QED) is 0.491. The number of ether oxygens (including phenoxy) is 2. The molecule has 0 fully saturated rings. The molecule has 1 aromatic rings. The molecule has 0 amide bonds. The van der Waals surface area contributed by atoms with Crippen LogP contribution in [0.4, 0.5) is 0 Å². The average Bonchev–Trinajstić information content (AvgIpc) is 2.38. The van der Waals surface area contributed by atoms with Crippen molar-refractivity contribution >= 4 is 23.3 Å². The van der Waals surface area contributed by atoms with Crippen molar-refractivity contribution < 1.29 is 9.47 Å². The van der Waals surface area contributed by atoms with Crippen molar-refractivity contribution in [1.82, 2.24) is 0 Å². The van der Waals surface area contributed by atoms with Gasteiger partial charge in [0.05, 0.1) is 18.8 Å². The molecule has 0 aliphatic rings. The van der Waals surface area contributed by atoms with E-state index in [2.05, 4.69) is 0 Å². The van der Waals surface area contributed by atoms with Crippen LogP contribution in [0, 0.1) is 11.3 Å². The molecule has 0 atom stereocenters. The Bertz CT molecular complexity index is 533. The predicted octanol–water partition coefficient (Wildman–Crippen LogP) is 2.68. The monoisotopic (exact) mass is 276 g/mol. The summed E-state index contributed by atoms with van der Waals surface area (Å²) in [7, 11) is 0. The van der Waals surface area contributed by atoms with E-state index in [1.165, 1.54) is 0 Å². The lowest BCUT2D eigenvalue weighted by atomic mass is 10.1. The van der Waals surface area contributed by atoms with Gasteiger partial charge in [-0.15, -0.1) is 0 Å². The first-order valence-electron chi connectivity index (χ1n) is 5.93. The van der Waals surface area contributed by atoms with Crippen LogP contribution in [0.2, 0.25) is 0 Å². The summed E-state index contributed by atoms with van der Waals surface area (Å²) in [5, 5.41) is 8.97. The van der Waals surface area contributed by atoms with Crippen LogP contribution < -0.4 is 15.2 Å². The summed E-state index contributed by atoms with van der Waals surface area (Å²) in [6, 6.07) is 7.38. The summed E-state index contributed by atoms with van der Waals surface area (Å²) in [5.41, 5.74) is 6.47. The molecule has 19 heavy (non-hydrogen) atoms. The highest BCUT2D eigenvalue weighted by Crippen LogP contribution is 2.27. The lowest BCUT2D eigenvalue weighted by molar-refractivity contribution is 0.322. The van der Waals surface area contributed by atoms with Gasteiger partial charge in [0.1, 0.15) is 22.6 Å². The van der Waals surface area contributed by atoms with Gasteiger partial charge in [-0.2, -0.15) is 5.26 Å². The molecule has 100 valence electrons. The van der Waals surface area contributed by atoms with Gasteiger partial charge in [0, 0.05) is 11.6 Å². The molecule has 0 aliphatic carbocycles. The van der Waals surface area contributed by atoms with Crippen molar-refractivity contribution in [2.24, 2.45) is 5.73 Å². The van der Waals surface area contributed by atoms with Gasteiger partial charge in [-0.05, 0) is 32.1 Å². The van der Waals surface area contributed by atoms with Crippen LogP contribution in [-0.2, 0) is 0 Å². The van der Waals surface area contributed by atoms with Gasteiger partial charge in [-0.25, -0.2) is 0 Å². The van der Waals surface area contributed by atoms with Crippen LogP contribution in [0.5, 0.6) is 11.5 Å². The van der Waals surface area contributed by atoms with Gasteiger partial charge in [0.2, 0.25) is 0 Å². The first kappa shape index (κ1) is 15.0. The Morgan fingerprint density at radius 2 is 2.05 bits per heavy atom. The average molecular weight is 276 g/mol. The molecule has 0 aromatic heterocycles. The molecule has 1 rings (SSSR count). The Morgan fingerprint density at radius 3 is 2.58 bits per heavy atom. The number of benzene rings is 1. The summed E-state index contributed by atoms with van der Waals surface area (Å²) in [5.74, 6) is 1.36. The van der Waals surface area contributed by atoms with E-state index < -0.39 is 0 Å². The summed E-state index contributed by atoms with van der Waals surface area (Å²) in [6.45, 7) is 4.90. The Kier molecular flexibility index (Phi) is 5.83. The molecule has 1 aromatic carbocycles. The molecule has 0 saturated heterocycles. The SMILES string of the molecule is CCOc1ccc(/C=C(\C#N)C(N)=S)c(OCC)c1. The number of hydrogen-bond donors (Lipinski definition) is 1. The predicted molar refractivity (Wildman–Crippen MR) is 79.2 cm³/mol. The number of nitrogens with zero attached hydrogens (tertiary/aromatic N) is 1. The molecular formula is C14H16N2O2S. The maximum atomic E-state index is 8.97. The topological polar surface area (TPSA) is 68.3 Å². The van der Waals surface area contributed by atoms with E-state index in [9.17, 15) is 0 Å². The van der Waals surface area contributed by atoms with Crippen molar-refractivity contribution in [3.8, 4) is 17.6 Å². The number of thiocarbonyl (C=S) groups is 1. The van der Waals surface area contributed by atoms with Crippen LogP contribution >= 0.6 is 12.2 Å². The normalized spacial score (nSPS) is 10.7. The van der Waals surface area contributed by atoms with Crippen molar-refractivity contribution in [2.75, 3.05) is 13.2 Å². The van der Waals surface area contributed by atoms with Crippen molar-refractivity contribution in [3.05, 3.63) is 29.3 Å². The van der Waals surface area contributed by atoms with Crippen LogP contribution in [0.3, 0.4) is 0 Å². The third-order valence-corrected chi connectivity index (χ3v) is 2.50. The maximum Gasteiger partial charge on any atom is 0.130 e. The zero-order valence-electron chi connectivity index (χ0n) is 11.0. The van der Waals surface area contributed by atoms with E-state index in [0.29, 0.717) is 19.0 Å². The number of nitriles is 1. The van der Waals surface area contributed by atoms with Gasteiger partial charge in [-0.3, -0.25) is 0 Å². The van der Waals surface area contributed by atoms with Gasteiger partial charge >= 0.3 is 0 Å². The fraction of sp³-hybridized carbons (Fsp3) is 0.286. The highest BCUT2D eigenvalue weighted by molar-refractivity contribution is 7.80. The molecule has 0 unspecified atom stereocenters. The molecule has 0 aliphatic heterocycles. The molecule has 2 N–H and O–H groups in total. The Hall–Kier alpha value is -2.06. The second kappa shape index (κ2) is 7.39. The number of nitrogens with two attached hydrogens (primary N) is 1. The molecule has 4 nitrogen and oxygen atoms in total. The van der Waals surface area contributed by atoms with E-state index in [0.717, 1.165) is 11.3 Å². The van der Waals surface area contributed by atoms with Crippen LogP contribution in [0.25, 0.3) is 6.08 Å². The Labute approximate surface area is 118 Å². The summed E-state index contributed by atoms with van der Waals surface area (Å²) >= 11 is 4.81. The summed E-state index contributed by atoms with van der Waals surface area (Å²) in [6.07, 6.45) is 1.61. The van der Waals surface area contributed by atoms with Crippen molar-refractivity contribution in [1.29, 1.82) is 5.26 Å². The van der Waals surface area contributed by atoms with Crippen molar-refractivity contribution in [3.63, 3.8) is 0 Å². The molecule has 0 radical (unpaired) electrons. The molecular weight excluding hydrogens is 260 g/mol. The standard InChI is InChI=1S/C14H16N2O2S/c1-3-17-12-6-5-10(13(8-12)18-4-2)7-11(9-15)14(16)19/h5-8H,3-4H2,1-2H3,(H2,16,19)/b11-7+. The second-order valence-corrected chi connectivity index (χ2v) is 4.04. The third-order valence-electron chi connectivity index (χ3n) is 2.28. The van der Waals surface area contributed by atoms with Gasteiger partial charge in [-0.1, -0.05) is 12.2 Å². The first-order chi connectivity index (χ1) is 9.12. The zero-order valence-corrected chi connectivity index (χ0v) is 11.8. The number of hydrogen-bond acceptors (Lipinski definition) is 4. The van der Waals surface area contributed by atoms with E-state index in [1.54, 1.807) is 12.1 Å². The largest absolute Gasteiger partial charge is 0.494 e. The zero-order chi connectivity index (χ0) is 14.3. The molecule has 0 spiro atoms. The van der Waals surface area contributed by atoms with Gasteiger partial charge in [0.15, 0.2) is 0 Å². The van der Waals surface area contributed by atoms with Crippen LogP contribution in [0.1, 0.15) is 19.4 Å². The van der Waals surface area contributed by atoms with E-state index >= 15 is 0 Å².